The fraction of sp³-hybridized carbons (Fsp3) is 0. The molecule has 1 nitrogen and oxygen atoms in total. The predicted molar refractivity (Wildman–Crippen MR) is 294 cm³/mol. The van der Waals surface area contributed by atoms with Gasteiger partial charge in [-0.1, -0.05) is 249 Å². The van der Waals surface area contributed by atoms with Gasteiger partial charge in [0.1, 0.15) is 0 Å². The Bertz CT molecular complexity index is 3720. The van der Waals surface area contributed by atoms with Crippen LogP contribution in [0.1, 0.15) is 0 Å². The van der Waals surface area contributed by atoms with Crippen molar-refractivity contribution in [3.8, 4) is 77.9 Å². The molecular formula is C68H47N. The monoisotopic (exact) mass is 877 g/mol. The van der Waals surface area contributed by atoms with E-state index in [4.69, 9.17) is 0 Å². The maximum atomic E-state index is 2.42. The standard InChI is InChI=1S/C68H47N/c1-4-17-51(18-5-1)62-46-41-57(47-66(62)54-21-8-3-9-22-54)50-39-44-59(45-40-50)69(58-42-37-49(38-43-58)48-33-35-55(36-34-48)61-29-14-24-52-23-10-11-27-60(52)61)67-32-13-12-28-64(67)65-31-16-26-56-25-15-30-63(68(56)65)53-19-6-2-7-20-53/h1-47H. The normalized spacial score (nSPS) is 11.2. The van der Waals surface area contributed by atoms with Crippen LogP contribution < -0.4 is 4.90 Å². The summed E-state index contributed by atoms with van der Waals surface area (Å²) in [5.74, 6) is 0. The van der Waals surface area contributed by atoms with E-state index < -0.39 is 0 Å². The summed E-state index contributed by atoms with van der Waals surface area (Å²) in [6, 6.07) is 104. The number of benzene rings is 12. The summed E-state index contributed by atoms with van der Waals surface area (Å²) in [4.78, 5) is 2.42. The second-order valence-corrected chi connectivity index (χ2v) is 17.6. The molecule has 0 unspecified atom stereocenters. The highest BCUT2D eigenvalue weighted by molar-refractivity contribution is 6.09. The van der Waals surface area contributed by atoms with Gasteiger partial charge in [-0.3, -0.25) is 0 Å². The van der Waals surface area contributed by atoms with Crippen LogP contribution in [0.4, 0.5) is 17.1 Å². The molecule has 0 fully saturated rings. The summed E-state index contributed by atoms with van der Waals surface area (Å²) < 4.78 is 0. The van der Waals surface area contributed by atoms with Gasteiger partial charge in [0.2, 0.25) is 0 Å². The van der Waals surface area contributed by atoms with E-state index in [2.05, 4.69) is 290 Å². The van der Waals surface area contributed by atoms with Crippen molar-refractivity contribution in [1.82, 2.24) is 0 Å². The van der Waals surface area contributed by atoms with E-state index in [1.807, 2.05) is 0 Å². The van der Waals surface area contributed by atoms with Crippen LogP contribution in [-0.2, 0) is 0 Å². The quantitative estimate of drug-likeness (QED) is 0.132. The molecule has 69 heavy (non-hydrogen) atoms. The Balaban J connectivity index is 0.965. The highest BCUT2D eigenvalue weighted by Crippen LogP contribution is 2.46. The summed E-state index contributed by atoms with van der Waals surface area (Å²) in [5.41, 5.74) is 20.0. The number of fused-ring (bicyclic) bond motifs is 2. The molecule has 0 amide bonds. The van der Waals surface area contributed by atoms with Crippen LogP contribution in [0.5, 0.6) is 0 Å². The molecule has 0 heterocycles. The van der Waals surface area contributed by atoms with Gasteiger partial charge in [0.05, 0.1) is 5.69 Å². The average Bonchev–Trinajstić information content (AvgIpc) is 3.44. The Morgan fingerprint density at radius 1 is 0.203 bits per heavy atom. The third kappa shape index (κ3) is 8.07. The minimum Gasteiger partial charge on any atom is -0.310 e. The number of hydrogen-bond acceptors (Lipinski definition) is 1. The van der Waals surface area contributed by atoms with Crippen molar-refractivity contribution in [2.45, 2.75) is 0 Å². The Morgan fingerprint density at radius 2 is 0.609 bits per heavy atom. The highest BCUT2D eigenvalue weighted by Gasteiger charge is 2.20. The van der Waals surface area contributed by atoms with Gasteiger partial charge in [0.25, 0.3) is 0 Å². The summed E-state index contributed by atoms with van der Waals surface area (Å²) in [6.45, 7) is 0. The van der Waals surface area contributed by atoms with Crippen LogP contribution in [0, 0.1) is 0 Å². The van der Waals surface area contributed by atoms with Crippen LogP contribution in [0.15, 0.2) is 285 Å². The molecule has 12 aromatic rings. The lowest BCUT2D eigenvalue weighted by atomic mass is 9.90. The van der Waals surface area contributed by atoms with E-state index >= 15 is 0 Å². The zero-order valence-corrected chi connectivity index (χ0v) is 38.1. The molecule has 0 spiro atoms. The van der Waals surface area contributed by atoms with Gasteiger partial charge in [-0.2, -0.15) is 0 Å². The second-order valence-electron chi connectivity index (χ2n) is 17.6. The van der Waals surface area contributed by atoms with Crippen LogP contribution in [-0.4, -0.2) is 0 Å². The molecule has 0 aliphatic rings. The summed E-state index contributed by atoms with van der Waals surface area (Å²) in [5, 5.41) is 4.97. The molecule has 0 atom stereocenters. The molecule has 0 aromatic heterocycles. The second kappa shape index (κ2) is 18.3. The van der Waals surface area contributed by atoms with Gasteiger partial charge >= 0.3 is 0 Å². The molecular weight excluding hydrogens is 831 g/mol. The molecule has 324 valence electrons. The third-order valence-corrected chi connectivity index (χ3v) is 13.5. The van der Waals surface area contributed by atoms with Crippen molar-refractivity contribution >= 4 is 38.6 Å². The van der Waals surface area contributed by atoms with Gasteiger partial charge in [-0.25, -0.2) is 0 Å². The van der Waals surface area contributed by atoms with E-state index in [0.717, 1.165) is 28.2 Å². The topological polar surface area (TPSA) is 3.24 Å². The number of hydrogen-bond donors (Lipinski definition) is 0. The lowest BCUT2D eigenvalue weighted by molar-refractivity contribution is 1.28. The smallest absolute Gasteiger partial charge is 0.0540 e. The highest BCUT2D eigenvalue weighted by atomic mass is 15.1. The Labute approximate surface area is 404 Å². The zero-order valence-electron chi connectivity index (χ0n) is 38.1. The SMILES string of the molecule is c1ccc(-c2ccc(-c3ccc(N(c4ccc(-c5ccc(-c6cccc7ccccc67)cc5)cc4)c4ccccc4-c4cccc5cccc(-c6ccccc6)c45)cc3)cc2-c2ccccc2)cc1. The Hall–Kier alpha value is -9.04. The number of rotatable bonds is 10. The van der Waals surface area contributed by atoms with Gasteiger partial charge in [0.15, 0.2) is 0 Å². The molecule has 0 saturated carbocycles. The fourth-order valence-corrected chi connectivity index (χ4v) is 10.1. The van der Waals surface area contributed by atoms with E-state index in [0.29, 0.717) is 0 Å². The number of para-hydroxylation sites is 1. The number of nitrogens with zero attached hydrogens (tertiary/aromatic N) is 1. The van der Waals surface area contributed by atoms with Gasteiger partial charge in [-0.05, 0) is 130 Å². The minimum absolute atomic E-state index is 1.08. The summed E-state index contributed by atoms with van der Waals surface area (Å²) in [7, 11) is 0. The van der Waals surface area contributed by atoms with Crippen LogP contribution in [0.2, 0.25) is 0 Å². The van der Waals surface area contributed by atoms with E-state index in [9.17, 15) is 0 Å². The Kier molecular flexibility index (Phi) is 11.0. The van der Waals surface area contributed by atoms with Crippen molar-refractivity contribution in [2.75, 3.05) is 4.90 Å². The first kappa shape index (κ1) is 41.4. The average molecular weight is 878 g/mol. The maximum Gasteiger partial charge on any atom is 0.0540 e. The zero-order chi connectivity index (χ0) is 45.9. The van der Waals surface area contributed by atoms with Crippen molar-refractivity contribution in [2.24, 2.45) is 0 Å². The molecule has 0 aliphatic carbocycles. The lowest BCUT2D eigenvalue weighted by Gasteiger charge is -2.29. The molecule has 0 N–H and O–H groups in total. The molecule has 0 bridgehead atoms. The van der Waals surface area contributed by atoms with Crippen molar-refractivity contribution in [1.29, 1.82) is 0 Å². The molecule has 0 aliphatic heterocycles. The fourth-order valence-electron chi connectivity index (χ4n) is 10.1. The first-order chi connectivity index (χ1) is 34.2. The van der Waals surface area contributed by atoms with Crippen molar-refractivity contribution in [3.05, 3.63) is 285 Å². The molecule has 12 rings (SSSR count). The first-order valence-electron chi connectivity index (χ1n) is 23.7. The van der Waals surface area contributed by atoms with Crippen LogP contribution in [0.25, 0.3) is 99.4 Å². The Morgan fingerprint density at radius 3 is 1.25 bits per heavy atom. The molecule has 12 aromatic carbocycles. The van der Waals surface area contributed by atoms with E-state index in [1.165, 1.54) is 88.3 Å². The first-order valence-corrected chi connectivity index (χ1v) is 23.7. The molecule has 0 saturated heterocycles. The van der Waals surface area contributed by atoms with Crippen molar-refractivity contribution in [3.63, 3.8) is 0 Å². The minimum atomic E-state index is 1.08. The molecule has 0 radical (unpaired) electrons. The van der Waals surface area contributed by atoms with E-state index in [1.54, 1.807) is 0 Å². The largest absolute Gasteiger partial charge is 0.310 e. The van der Waals surface area contributed by atoms with Gasteiger partial charge in [-0.15, -0.1) is 0 Å². The summed E-state index contributed by atoms with van der Waals surface area (Å²) >= 11 is 0. The van der Waals surface area contributed by atoms with Crippen molar-refractivity contribution < 1.29 is 0 Å². The third-order valence-electron chi connectivity index (χ3n) is 13.5. The maximum absolute atomic E-state index is 2.42. The van der Waals surface area contributed by atoms with Gasteiger partial charge in [0, 0.05) is 16.9 Å². The summed E-state index contributed by atoms with van der Waals surface area (Å²) in [6.07, 6.45) is 0. The van der Waals surface area contributed by atoms with Crippen LogP contribution >= 0.6 is 0 Å². The molecule has 1 heteroatoms. The van der Waals surface area contributed by atoms with Crippen LogP contribution in [0.3, 0.4) is 0 Å². The lowest BCUT2D eigenvalue weighted by Crippen LogP contribution is -2.11. The van der Waals surface area contributed by atoms with E-state index in [-0.39, 0.29) is 0 Å². The predicted octanol–water partition coefficient (Wildman–Crippen LogP) is 19.1. The van der Waals surface area contributed by atoms with Gasteiger partial charge < -0.3 is 4.90 Å². The number of anilines is 3.